The fraction of sp³-hybridized carbons (Fsp3) is 0.185. The summed E-state index contributed by atoms with van der Waals surface area (Å²) < 4.78 is 36.1. The van der Waals surface area contributed by atoms with Gasteiger partial charge in [0.2, 0.25) is 11.8 Å². The second-order valence-electron chi connectivity index (χ2n) is 8.38. The molecule has 36 heavy (non-hydrogen) atoms. The van der Waals surface area contributed by atoms with Crippen LogP contribution in [0.15, 0.2) is 71.8 Å². The third kappa shape index (κ3) is 4.09. The van der Waals surface area contributed by atoms with Gasteiger partial charge in [-0.25, -0.2) is 8.78 Å². The molecule has 0 bridgehead atoms. The number of nitrogens with one attached hydrogen (secondary N) is 1. The number of methoxy groups -OCH3 is 1. The molecule has 0 fully saturated rings. The fourth-order valence-corrected chi connectivity index (χ4v) is 5.71. The molecule has 1 N–H and O–H groups in total. The minimum atomic E-state index is -1.18. The zero-order valence-electron chi connectivity index (χ0n) is 19.6. The minimum absolute atomic E-state index is 0.00966. The molecule has 1 aliphatic heterocycles. The number of fused-ring (bicyclic) bond motifs is 3. The first kappa shape index (κ1) is 23.9. The minimum Gasteiger partial charge on any atom is -0.496 e. The summed E-state index contributed by atoms with van der Waals surface area (Å²) in [7, 11) is 3.42. The largest absolute Gasteiger partial charge is 0.496 e. The van der Waals surface area contributed by atoms with E-state index in [1.54, 1.807) is 13.2 Å². The number of nitrogens with zero attached hydrogens (tertiary/aromatic N) is 2. The quantitative estimate of drug-likeness (QED) is 0.415. The molecule has 0 aliphatic carbocycles. The van der Waals surface area contributed by atoms with Gasteiger partial charge in [0.15, 0.2) is 0 Å². The van der Waals surface area contributed by atoms with E-state index in [0.29, 0.717) is 17.4 Å². The Morgan fingerprint density at radius 3 is 2.64 bits per heavy atom. The monoisotopic (exact) mass is 507 g/mol. The van der Waals surface area contributed by atoms with Gasteiger partial charge in [-0.1, -0.05) is 48.2 Å². The summed E-state index contributed by atoms with van der Waals surface area (Å²) in [4.78, 5) is 28.4. The highest BCUT2D eigenvalue weighted by Gasteiger charge is 2.40. The third-order valence-corrected chi connectivity index (χ3v) is 7.45. The van der Waals surface area contributed by atoms with Gasteiger partial charge in [0.05, 0.1) is 23.6 Å². The van der Waals surface area contributed by atoms with Gasteiger partial charge >= 0.3 is 0 Å². The second-order valence-corrected chi connectivity index (χ2v) is 9.34. The van der Waals surface area contributed by atoms with Crippen molar-refractivity contribution in [2.75, 3.05) is 17.8 Å². The fourth-order valence-electron chi connectivity index (χ4n) is 4.64. The lowest BCUT2D eigenvalue weighted by atomic mass is 10.0. The molecule has 2 heterocycles. The van der Waals surface area contributed by atoms with Gasteiger partial charge in [-0.15, -0.1) is 0 Å². The molecule has 1 aliphatic rings. The Morgan fingerprint density at radius 1 is 1.11 bits per heavy atom. The summed E-state index contributed by atoms with van der Waals surface area (Å²) in [6.45, 7) is 0.139. The van der Waals surface area contributed by atoms with Crippen LogP contribution in [0, 0.1) is 11.6 Å². The van der Waals surface area contributed by atoms with Gasteiger partial charge in [0.1, 0.15) is 23.4 Å². The molecule has 3 aromatic carbocycles. The zero-order chi connectivity index (χ0) is 25.4. The van der Waals surface area contributed by atoms with Crippen LogP contribution in [0.1, 0.15) is 17.2 Å². The number of anilines is 1. The van der Waals surface area contributed by atoms with E-state index in [9.17, 15) is 14.0 Å². The molecule has 6 nitrogen and oxygen atoms in total. The van der Waals surface area contributed by atoms with E-state index in [1.807, 2.05) is 54.1 Å². The number of aryl methyl sites for hydroxylation is 1. The molecule has 0 radical (unpaired) electrons. The van der Waals surface area contributed by atoms with Crippen molar-refractivity contribution in [3.8, 4) is 5.75 Å². The van der Waals surface area contributed by atoms with Crippen LogP contribution < -0.4 is 15.0 Å². The normalized spacial score (nSPS) is 15.5. The SMILES string of the molecule is COc1ccccc1CNC(=O)[C@@H]1c2c(n(C)c3ccccc23)SCC(=O)N1c1ccc(F)cc1F. The van der Waals surface area contributed by atoms with E-state index in [4.69, 9.17) is 4.74 Å². The molecule has 0 spiro atoms. The summed E-state index contributed by atoms with van der Waals surface area (Å²) in [6, 6.07) is 16.6. The zero-order valence-corrected chi connectivity index (χ0v) is 20.4. The van der Waals surface area contributed by atoms with E-state index in [1.165, 1.54) is 17.8 Å². The van der Waals surface area contributed by atoms with Gasteiger partial charge in [-0.3, -0.25) is 14.5 Å². The van der Waals surface area contributed by atoms with Crippen LogP contribution in [-0.2, 0) is 23.2 Å². The number of carbonyl (C=O) groups is 2. The Hall–Kier alpha value is -3.85. The van der Waals surface area contributed by atoms with Crippen LogP contribution in [0.4, 0.5) is 14.5 Å². The molecule has 1 aromatic heterocycles. The molecular weight excluding hydrogens is 484 g/mol. The summed E-state index contributed by atoms with van der Waals surface area (Å²) >= 11 is 1.29. The predicted octanol–water partition coefficient (Wildman–Crippen LogP) is 4.96. The van der Waals surface area contributed by atoms with Crippen LogP contribution in [0.5, 0.6) is 5.75 Å². The lowest BCUT2D eigenvalue weighted by Gasteiger charge is -2.30. The van der Waals surface area contributed by atoms with Gasteiger partial charge in [0, 0.05) is 41.7 Å². The maximum Gasteiger partial charge on any atom is 0.248 e. The van der Waals surface area contributed by atoms with Crippen molar-refractivity contribution >= 4 is 40.2 Å². The summed E-state index contributed by atoms with van der Waals surface area (Å²) in [5.41, 5.74) is 2.08. The lowest BCUT2D eigenvalue weighted by Crippen LogP contribution is -2.44. The molecule has 9 heteroatoms. The van der Waals surface area contributed by atoms with Crippen molar-refractivity contribution in [1.82, 2.24) is 9.88 Å². The van der Waals surface area contributed by atoms with Gasteiger partial charge in [0.25, 0.3) is 0 Å². The Labute approximate surface area is 210 Å². The maximum absolute atomic E-state index is 15.0. The number of carbonyl (C=O) groups excluding carboxylic acids is 2. The summed E-state index contributed by atoms with van der Waals surface area (Å²) in [6.07, 6.45) is 0. The standard InChI is InChI=1S/C27H23F2N3O3S/c1-31-20-9-5-4-8-18(20)24-25(26(34)30-14-16-7-3-6-10-22(16)35-2)32(23(33)15-36-27(24)31)21-12-11-17(28)13-19(21)29/h3-13,25H,14-15H2,1-2H3,(H,30,34)/t25-/m0/s1. The van der Waals surface area contributed by atoms with Crippen LogP contribution >= 0.6 is 11.8 Å². The van der Waals surface area contributed by atoms with Crippen LogP contribution in [0.2, 0.25) is 0 Å². The van der Waals surface area contributed by atoms with Crippen molar-refractivity contribution in [3.05, 3.63) is 89.5 Å². The van der Waals surface area contributed by atoms with E-state index in [2.05, 4.69) is 5.32 Å². The number of para-hydroxylation sites is 2. The Kier molecular flexibility index (Phi) is 6.40. The lowest BCUT2D eigenvalue weighted by molar-refractivity contribution is -0.126. The van der Waals surface area contributed by atoms with Gasteiger partial charge in [-0.2, -0.15) is 0 Å². The molecule has 0 saturated heterocycles. The smallest absolute Gasteiger partial charge is 0.248 e. The Morgan fingerprint density at radius 2 is 1.86 bits per heavy atom. The van der Waals surface area contributed by atoms with Crippen molar-refractivity contribution < 1.29 is 23.1 Å². The molecular formula is C27H23F2N3O3S. The Balaban J connectivity index is 1.66. The van der Waals surface area contributed by atoms with Crippen LogP contribution in [0.3, 0.4) is 0 Å². The molecule has 1 atom stereocenters. The number of hydrogen-bond acceptors (Lipinski definition) is 4. The topological polar surface area (TPSA) is 63.6 Å². The van der Waals surface area contributed by atoms with Gasteiger partial charge < -0.3 is 14.6 Å². The van der Waals surface area contributed by atoms with Crippen LogP contribution in [-0.4, -0.2) is 29.2 Å². The number of benzene rings is 3. The van der Waals surface area contributed by atoms with Crippen molar-refractivity contribution in [1.29, 1.82) is 0 Å². The van der Waals surface area contributed by atoms with E-state index >= 15 is 4.39 Å². The summed E-state index contributed by atoms with van der Waals surface area (Å²) in [5.74, 6) is -2.03. The first-order valence-corrected chi connectivity index (χ1v) is 12.3. The van der Waals surface area contributed by atoms with Gasteiger partial charge in [-0.05, 0) is 24.3 Å². The number of rotatable bonds is 5. The molecule has 2 amide bonds. The Bertz CT molecular complexity index is 1490. The maximum atomic E-state index is 15.0. The van der Waals surface area contributed by atoms with Crippen LogP contribution in [0.25, 0.3) is 10.9 Å². The highest BCUT2D eigenvalue weighted by molar-refractivity contribution is 8.00. The molecule has 0 unspecified atom stereocenters. The summed E-state index contributed by atoms with van der Waals surface area (Å²) in [5, 5.41) is 4.43. The first-order valence-electron chi connectivity index (χ1n) is 11.3. The number of ether oxygens (including phenoxy) is 1. The highest BCUT2D eigenvalue weighted by atomic mass is 32.2. The number of hydrogen-bond donors (Lipinski definition) is 1. The molecule has 0 saturated carbocycles. The highest BCUT2D eigenvalue weighted by Crippen LogP contribution is 2.43. The predicted molar refractivity (Wildman–Crippen MR) is 135 cm³/mol. The van der Waals surface area contributed by atoms with Crippen molar-refractivity contribution in [2.24, 2.45) is 7.05 Å². The first-order chi connectivity index (χ1) is 17.4. The average molecular weight is 508 g/mol. The number of amides is 2. The molecule has 184 valence electrons. The second kappa shape index (κ2) is 9.66. The van der Waals surface area contributed by atoms with Crippen molar-refractivity contribution in [2.45, 2.75) is 17.6 Å². The molecule has 4 aromatic rings. The third-order valence-electron chi connectivity index (χ3n) is 6.29. The number of halogens is 2. The average Bonchev–Trinajstić information content (AvgIpc) is 3.06. The number of thioether (sulfide) groups is 1. The van der Waals surface area contributed by atoms with Crippen molar-refractivity contribution in [3.63, 3.8) is 0 Å². The van der Waals surface area contributed by atoms with E-state index in [-0.39, 0.29) is 18.0 Å². The van der Waals surface area contributed by atoms with E-state index in [0.717, 1.165) is 32.5 Å². The van der Waals surface area contributed by atoms with E-state index < -0.39 is 29.5 Å². The molecule has 5 rings (SSSR count). The number of aromatic nitrogens is 1.